The molecule has 2 aromatic carbocycles. The molecule has 0 unspecified atom stereocenters. The third-order valence-corrected chi connectivity index (χ3v) is 2.06. The first kappa shape index (κ1) is 9.66. The van der Waals surface area contributed by atoms with Crippen molar-refractivity contribution in [2.75, 3.05) is 0 Å². The van der Waals surface area contributed by atoms with Gasteiger partial charge in [0.15, 0.2) is 0 Å². The average Bonchev–Trinajstić information content (AvgIpc) is 2.30. The van der Waals surface area contributed by atoms with E-state index in [0.717, 1.165) is 11.1 Å². The molecule has 0 nitrogen and oxygen atoms in total. The second-order valence-corrected chi connectivity index (χ2v) is 3.20. The molecule has 0 spiro atoms. The highest BCUT2D eigenvalue weighted by molar-refractivity contribution is 5.69. The molecule has 73 valence electrons. The lowest BCUT2D eigenvalue weighted by Gasteiger charge is -1.93. The number of hydrogen-bond acceptors (Lipinski definition) is 0. The van der Waals surface area contributed by atoms with Gasteiger partial charge in [0.25, 0.3) is 0 Å². The van der Waals surface area contributed by atoms with Crippen molar-refractivity contribution in [3.05, 3.63) is 71.5 Å². The molecule has 2 aromatic rings. The first-order valence-corrected chi connectivity index (χ1v) is 4.75. The van der Waals surface area contributed by atoms with E-state index in [4.69, 9.17) is 0 Å². The van der Waals surface area contributed by atoms with Gasteiger partial charge in [0, 0.05) is 0 Å². The lowest BCUT2D eigenvalue weighted by molar-refractivity contribution is 0.628. The molecule has 0 fully saturated rings. The van der Waals surface area contributed by atoms with Crippen molar-refractivity contribution in [2.24, 2.45) is 0 Å². The summed E-state index contributed by atoms with van der Waals surface area (Å²) < 4.78 is 12.6. The van der Waals surface area contributed by atoms with Gasteiger partial charge in [-0.3, -0.25) is 0 Å². The molecule has 0 aromatic heterocycles. The fourth-order valence-corrected chi connectivity index (χ4v) is 1.27. The minimum atomic E-state index is -0.210. The molecule has 0 aliphatic rings. The van der Waals surface area contributed by atoms with E-state index in [0.29, 0.717) is 0 Å². The van der Waals surface area contributed by atoms with Crippen molar-refractivity contribution >= 4 is 12.2 Å². The molecular weight excluding hydrogens is 187 g/mol. The first-order chi connectivity index (χ1) is 7.34. The van der Waals surface area contributed by atoms with Crippen LogP contribution in [0, 0.1) is 11.9 Å². The summed E-state index contributed by atoms with van der Waals surface area (Å²) in [5.41, 5.74) is 2.00. The van der Waals surface area contributed by atoms with Gasteiger partial charge in [0.1, 0.15) is 5.82 Å². The van der Waals surface area contributed by atoms with E-state index in [-0.39, 0.29) is 5.82 Å². The van der Waals surface area contributed by atoms with E-state index in [2.05, 4.69) is 6.07 Å². The number of benzene rings is 2. The second kappa shape index (κ2) is 4.56. The van der Waals surface area contributed by atoms with Gasteiger partial charge >= 0.3 is 0 Å². The zero-order valence-electron chi connectivity index (χ0n) is 8.15. The summed E-state index contributed by atoms with van der Waals surface area (Å²) in [5.74, 6) is -0.210. The maximum absolute atomic E-state index is 12.6. The Morgan fingerprint density at radius 3 is 2.40 bits per heavy atom. The Morgan fingerprint density at radius 2 is 1.73 bits per heavy atom. The highest BCUT2D eigenvalue weighted by Crippen LogP contribution is 2.08. The zero-order valence-corrected chi connectivity index (χ0v) is 8.15. The van der Waals surface area contributed by atoms with Crippen LogP contribution in [0.1, 0.15) is 11.1 Å². The second-order valence-electron chi connectivity index (χ2n) is 3.20. The summed E-state index contributed by atoms with van der Waals surface area (Å²) in [6, 6.07) is 17.2. The Morgan fingerprint density at radius 1 is 0.933 bits per heavy atom. The van der Waals surface area contributed by atoms with E-state index < -0.39 is 0 Å². The van der Waals surface area contributed by atoms with E-state index in [1.165, 1.54) is 12.1 Å². The van der Waals surface area contributed by atoms with Crippen LogP contribution in [0.15, 0.2) is 48.5 Å². The van der Waals surface area contributed by atoms with Crippen LogP contribution in [-0.2, 0) is 0 Å². The highest BCUT2D eigenvalue weighted by atomic mass is 19.1. The van der Waals surface area contributed by atoms with E-state index in [9.17, 15) is 4.39 Å². The Bertz CT molecular complexity index is 441. The van der Waals surface area contributed by atoms with Crippen molar-refractivity contribution in [1.29, 1.82) is 0 Å². The third kappa shape index (κ3) is 2.78. The summed E-state index contributed by atoms with van der Waals surface area (Å²) in [6.07, 6.45) is 3.89. The van der Waals surface area contributed by atoms with Gasteiger partial charge in [-0.2, -0.15) is 0 Å². The molecule has 0 aliphatic heterocycles. The Kier molecular flexibility index (Phi) is 2.93. The fourth-order valence-electron chi connectivity index (χ4n) is 1.27. The monoisotopic (exact) mass is 197 g/mol. The zero-order chi connectivity index (χ0) is 10.5. The van der Waals surface area contributed by atoms with Crippen molar-refractivity contribution in [3.63, 3.8) is 0 Å². The van der Waals surface area contributed by atoms with Crippen molar-refractivity contribution in [3.8, 4) is 0 Å². The van der Waals surface area contributed by atoms with Crippen LogP contribution in [0.3, 0.4) is 0 Å². The summed E-state index contributed by atoms with van der Waals surface area (Å²) in [6.45, 7) is 0. The van der Waals surface area contributed by atoms with Gasteiger partial charge in [-0.15, -0.1) is 0 Å². The van der Waals surface area contributed by atoms with Crippen LogP contribution in [0.4, 0.5) is 4.39 Å². The molecule has 0 amide bonds. The molecule has 0 N–H and O–H groups in total. The molecule has 0 heterocycles. The molecule has 1 radical (unpaired) electrons. The van der Waals surface area contributed by atoms with Crippen LogP contribution >= 0.6 is 0 Å². The van der Waals surface area contributed by atoms with Gasteiger partial charge in [-0.1, -0.05) is 48.6 Å². The van der Waals surface area contributed by atoms with Crippen molar-refractivity contribution in [1.82, 2.24) is 0 Å². The number of hydrogen-bond donors (Lipinski definition) is 0. The van der Waals surface area contributed by atoms with Crippen LogP contribution in [0.5, 0.6) is 0 Å². The minimum Gasteiger partial charge on any atom is -0.207 e. The normalized spacial score (nSPS) is 10.7. The van der Waals surface area contributed by atoms with Crippen molar-refractivity contribution in [2.45, 2.75) is 0 Å². The molecule has 0 bridgehead atoms. The standard InChI is InChI=1S/C14H10F/c15-14-10-8-13(9-11-14)7-6-12-4-2-1-3-5-12/h1-4,6-11H. The Hall–Kier alpha value is -1.89. The quantitative estimate of drug-likeness (QED) is 0.642. The lowest BCUT2D eigenvalue weighted by Crippen LogP contribution is -1.74. The van der Waals surface area contributed by atoms with Gasteiger partial charge in [-0.05, 0) is 29.3 Å². The molecule has 15 heavy (non-hydrogen) atoms. The van der Waals surface area contributed by atoms with Gasteiger partial charge in [-0.25, -0.2) is 4.39 Å². The van der Waals surface area contributed by atoms with E-state index in [1.54, 1.807) is 12.1 Å². The summed E-state index contributed by atoms with van der Waals surface area (Å²) >= 11 is 0. The maximum atomic E-state index is 12.6. The summed E-state index contributed by atoms with van der Waals surface area (Å²) in [5, 5.41) is 0. The predicted octanol–water partition coefficient (Wildman–Crippen LogP) is 3.80. The highest BCUT2D eigenvalue weighted by Gasteiger charge is 1.89. The Labute approximate surface area is 88.7 Å². The maximum Gasteiger partial charge on any atom is 0.123 e. The smallest absolute Gasteiger partial charge is 0.123 e. The Balaban J connectivity index is 2.15. The van der Waals surface area contributed by atoms with Gasteiger partial charge < -0.3 is 0 Å². The molecule has 1 heteroatoms. The van der Waals surface area contributed by atoms with E-state index >= 15 is 0 Å². The fraction of sp³-hybridized carbons (Fsp3) is 0. The predicted molar refractivity (Wildman–Crippen MR) is 60.6 cm³/mol. The summed E-state index contributed by atoms with van der Waals surface area (Å²) in [4.78, 5) is 0. The van der Waals surface area contributed by atoms with Crippen molar-refractivity contribution < 1.29 is 4.39 Å². The van der Waals surface area contributed by atoms with Crippen LogP contribution in [0.2, 0.25) is 0 Å². The van der Waals surface area contributed by atoms with Gasteiger partial charge in [0.2, 0.25) is 0 Å². The minimum absolute atomic E-state index is 0.210. The van der Waals surface area contributed by atoms with Crippen LogP contribution < -0.4 is 0 Å². The van der Waals surface area contributed by atoms with Crippen LogP contribution in [0.25, 0.3) is 12.2 Å². The van der Waals surface area contributed by atoms with E-state index in [1.807, 2.05) is 36.4 Å². The molecule has 0 saturated heterocycles. The number of rotatable bonds is 2. The molecule has 0 saturated carbocycles. The number of halogens is 1. The third-order valence-electron chi connectivity index (χ3n) is 2.06. The van der Waals surface area contributed by atoms with Gasteiger partial charge in [0.05, 0.1) is 0 Å². The molecule has 2 rings (SSSR count). The van der Waals surface area contributed by atoms with Crippen LogP contribution in [-0.4, -0.2) is 0 Å². The average molecular weight is 197 g/mol. The molecule has 0 atom stereocenters. The summed E-state index contributed by atoms with van der Waals surface area (Å²) in [7, 11) is 0. The SMILES string of the molecule is Fc1ccc(C=Cc2[c]cccc2)cc1. The lowest BCUT2D eigenvalue weighted by atomic mass is 10.1. The first-order valence-electron chi connectivity index (χ1n) is 4.75. The molecule has 0 aliphatic carbocycles. The molecular formula is C14H10F. The topological polar surface area (TPSA) is 0 Å². The largest absolute Gasteiger partial charge is 0.207 e.